The summed E-state index contributed by atoms with van der Waals surface area (Å²) in [6.07, 6.45) is 0. The molecule has 148 valence electrons. The second-order valence-corrected chi connectivity index (χ2v) is 7.08. The van der Waals surface area contributed by atoms with E-state index in [1.807, 2.05) is 48.9 Å². The molecule has 0 radical (unpaired) electrons. The van der Waals surface area contributed by atoms with Crippen LogP contribution in [-0.4, -0.2) is 36.1 Å². The van der Waals surface area contributed by atoms with Gasteiger partial charge < -0.3 is 14.4 Å². The Labute approximate surface area is 170 Å². The Balaban J connectivity index is 1.55. The van der Waals surface area contributed by atoms with Crippen LogP contribution in [0.3, 0.4) is 0 Å². The molecule has 2 heterocycles. The van der Waals surface area contributed by atoms with Crippen molar-refractivity contribution in [2.45, 2.75) is 20.5 Å². The van der Waals surface area contributed by atoms with Crippen LogP contribution in [0.1, 0.15) is 22.5 Å². The molecule has 0 spiro atoms. The Morgan fingerprint density at radius 3 is 2.52 bits per heavy atom. The lowest BCUT2D eigenvalue weighted by Crippen LogP contribution is -2.36. The van der Waals surface area contributed by atoms with E-state index in [1.165, 1.54) is 0 Å². The fourth-order valence-corrected chi connectivity index (χ4v) is 3.61. The molecule has 1 saturated heterocycles. The average Bonchev–Trinajstić information content (AvgIpc) is 3.06. The van der Waals surface area contributed by atoms with E-state index in [1.54, 1.807) is 12.1 Å². The molecule has 2 aromatic carbocycles. The van der Waals surface area contributed by atoms with Gasteiger partial charge in [0, 0.05) is 24.3 Å². The molecule has 0 atom stereocenters. The SMILES string of the molecule is Cc1nn(-c2ccc(C#N)cc2)c(C)c1COc1ccccc1N1CCOCC1. The Morgan fingerprint density at radius 1 is 1.07 bits per heavy atom. The van der Waals surface area contributed by atoms with Crippen LogP contribution in [0.5, 0.6) is 5.75 Å². The normalized spacial score (nSPS) is 13.9. The van der Waals surface area contributed by atoms with E-state index in [2.05, 4.69) is 22.1 Å². The lowest BCUT2D eigenvalue weighted by atomic mass is 10.2. The fourth-order valence-electron chi connectivity index (χ4n) is 3.61. The third kappa shape index (κ3) is 3.96. The number of hydrogen-bond acceptors (Lipinski definition) is 5. The van der Waals surface area contributed by atoms with Gasteiger partial charge in [-0.1, -0.05) is 12.1 Å². The zero-order valence-electron chi connectivity index (χ0n) is 16.8. The van der Waals surface area contributed by atoms with Gasteiger partial charge in [0.2, 0.25) is 0 Å². The number of nitrogens with zero attached hydrogens (tertiary/aromatic N) is 4. The lowest BCUT2D eigenvalue weighted by molar-refractivity contribution is 0.122. The second kappa shape index (κ2) is 8.38. The highest BCUT2D eigenvalue weighted by Gasteiger charge is 2.17. The Hall–Kier alpha value is -3.30. The smallest absolute Gasteiger partial charge is 0.143 e. The highest BCUT2D eigenvalue weighted by Crippen LogP contribution is 2.30. The molecular weight excluding hydrogens is 364 g/mol. The number of morpholine rings is 1. The number of hydrogen-bond donors (Lipinski definition) is 0. The van der Waals surface area contributed by atoms with Gasteiger partial charge in [-0.05, 0) is 50.2 Å². The van der Waals surface area contributed by atoms with E-state index in [4.69, 9.17) is 14.7 Å². The minimum atomic E-state index is 0.454. The molecular formula is C23H24N4O2. The predicted octanol–water partition coefficient (Wildman–Crippen LogP) is 3.78. The van der Waals surface area contributed by atoms with Crippen LogP contribution in [0.25, 0.3) is 5.69 Å². The minimum absolute atomic E-state index is 0.454. The van der Waals surface area contributed by atoms with Gasteiger partial charge in [0.15, 0.2) is 0 Å². The van der Waals surface area contributed by atoms with Gasteiger partial charge in [-0.25, -0.2) is 4.68 Å². The van der Waals surface area contributed by atoms with E-state index in [9.17, 15) is 0 Å². The summed E-state index contributed by atoms with van der Waals surface area (Å²) in [5.41, 5.74) is 5.73. The van der Waals surface area contributed by atoms with E-state index in [0.29, 0.717) is 12.2 Å². The van der Waals surface area contributed by atoms with E-state index in [0.717, 1.165) is 60.4 Å². The molecule has 0 amide bonds. The number of ether oxygens (including phenoxy) is 2. The monoisotopic (exact) mass is 388 g/mol. The number of aryl methyl sites for hydroxylation is 1. The van der Waals surface area contributed by atoms with Crippen LogP contribution in [-0.2, 0) is 11.3 Å². The first-order chi connectivity index (χ1) is 14.2. The highest BCUT2D eigenvalue weighted by atomic mass is 16.5. The van der Waals surface area contributed by atoms with Crippen molar-refractivity contribution in [3.63, 3.8) is 0 Å². The number of benzene rings is 2. The molecule has 0 N–H and O–H groups in total. The van der Waals surface area contributed by atoms with Crippen LogP contribution in [0, 0.1) is 25.2 Å². The molecule has 0 bridgehead atoms. The van der Waals surface area contributed by atoms with Crippen molar-refractivity contribution in [1.29, 1.82) is 5.26 Å². The summed E-state index contributed by atoms with van der Waals surface area (Å²) in [7, 11) is 0. The van der Waals surface area contributed by atoms with Crippen molar-refractivity contribution in [3.05, 3.63) is 71.0 Å². The molecule has 6 heteroatoms. The maximum absolute atomic E-state index is 9.00. The van der Waals surface area contributed by atoms with Crippen molar-refractivity contribution in [3.8, 4) is 17.5 Å². The average molecular weight is 388 g/mol. The van der Waals surface area contributed by atoms with Crippen molar-refractivity contribution in [1.82, 2.24) is 9.78 Å². The molecule has 1 aliphatic heterocycles. The number of para-hydroxylation sites is 2. The Bertz CT molecular complexity index is 1030. The van der Waals surface area contributed by atoms with Gasteiger partial charge in [-0.2, -0.15) is 10.4 Å². The minimum Gasteiger partial charge on any atom is -0.487 e. The Morgan fingerprint density at radius 2 is 1.79 bits per heavy atom. The molecule has 29 heavy (non-hydrogen) atoms. The topological polar surface area (TPSA) is 63.3 Å². The van der Waals surface area contributed by atoms with Gasteiger partial charge in [0.25, 0.3) is 0 Å². The summed E-state index contributed by atoms with van der Waals surface area (Å²) >= 11 is 0. The van der Waals surface area contributed by atoms with E-state index < -0.39 is 0 Å². The van der Waals surface area contributed by atoms with Gasteiger partial charge in [0.05, 0.1) is 41.9 Å². The molecule has 0 unspecified atom stereocenters. The summed E-state index contributed by atoms with van der Waals surface area (Å²) < 4.78 is 13.6. The van der Waals surface area contributed by atoms with Crippen molar-refractivity contribution >= 4 is 5.69 Å². The standard InChI is InChI=1S/C23H24N4O2/c1-17-21(18(2)27(25-17)20-9-7-19(15-24)8-10-20)16-29-23-6-4-3-5-22(23)26-11-13-28-14-12-26/h3-10H,11-14,16H2,1-2H3. The second-order valence-electron chi connectivity index (χ2n) is 7.08. The number of rotatable bonds is 5. The van der Waals surface area contributed by atoms with Crippen molar-refractivity contribution in [2.75, 3.05) is 31.2 Å². The number of anilines is 1. The zero-order chi connectivity index (χ0) is 20.2. The third-order valence-corrected chi connectivity index (χ3v) is 5.27. The molecule has 6 nitrogen and oxygen atoms in total. The molecule has 4 rings (SSSR count). The van der Waals surface area contributed by atoms with Crippen LogP contribution in [0.2, 0.25) is 0 Å². The van der Waals surface area contributed by atoms with Crippen LogP contribution < -0.4 is 9.64 Å². The van der Waals surface area contributed by atoms with E-state index in [-0.39, 0.29) is 0 Å². The predicted molar refractivity (Wildman–Crippen MR) is 112 cm³/mol. The first-order valence-corrected chi connectivity index (χ1v) is 9.77. The van der Waals surface area contributed by atoms with Gasteiger partial charge in [-0.3, -0.25) is 0 Å². The summed E-state index contributed by atoms with van der Waals surface area (Å²) in [5.74, 6) is 0.874. The Kier molecular flexibility index (Phi) is 5.50. The molecule has 1 fully saturated rings. The van der Waals surface area contributed by atoms with Crippen molar-refractivity contribution < 1.29 is 9.47 Å². The third-order valence-electron chi connectivity index (χ3n) is 5.27. The van der Waals surface area contributed by atoms with Crippen molar-refractivity contribution in [2.24, 2.45) is 0 Å². The quantitative estimate of drug-likeness (QED) is 0.666. The molecule has 1 aromatic heterocycles. The molecule has 1 aliphatic rings. The number of nitriles is 1. The summed E-state index contributed by atoms with van der Waals surface area (Å²) in [6, 6.07) is 17.7. The van der Waals surface area contributed by atoms with Crippen LogP contribution >= 0.6 is 0 Å². The summed E-state index contributed by atoms with van der Waals surface area (Å²) in [4.78, 5) is 2.30. The first kappa shape index (κ1) is 19.0. The highest BCUT2D eigenvalue weighted by molar-refractivity contribution is 5.58. The van der Waals surface area contributed by atoms with Crippen LogP contribution in [0.4, 0.5) is 5.69 Å². The number of aromatic nitrogens is 2. The maximum atomic E-state index is 9.00. The van der Waals surface area contributed by atoms with E-state index >= 15 is 0 Å². The molecule has 3 aromatic rings. The summed E-state index contributed by atoms with van der Waals surface area (Å²) in [5, 5.41) is 13.7. The molecule has 0 aliphatic carbocycles. The van der Waals surface area contributed by atoms with Gasteiger partial charge >= 0.3 is 0 Å². The largest absolute Gasteiger partial charge is 0.487 e. The fraction of sp³-hybridized carbons (Fsp3) is 0.304. The molecule has 0 saturated carbocycles. The van der Waals surface area contributed by atoms with Gasteiger partial charge in [-0.15, -0.1) is 0 Å². The van der Waals surface area contributed by atoms with Crippen LogP contribution in [0.15, 0.2) is 48.5 Å². The zero-order valence-corrected chi connectivity index (χ0v) is 16.8. The maximum Gasteiger partial charge on any atom is 0.143 e. The first-order valence-electron chi connectivity index (χ1n) is 9.77. The van der Waals surface area contributed by atoms with Gasteiger partial charge in [0.1, 0.15) is 12.4 Å². The lowest BCUT2D eigenvalue weighted by Gasteiger charge is -2.30. The summed E-state index contributed by atoms with van der Waals surface area (Å²) in [6.45, 7) is 7.72.